The van der Waals surface area contributed by atoms with Crippen LogP contribution in [0.3, 0.4) is 0 Å². The largest absolute Gasteiger partial charge is 0.361 e. The fraction of sp³-hybridized carbons (Fsp3) is 0.192. The first-order chi connectivity index (χ1) is 14.6. The van der Waals surface area contributed by atoms with Crippen molar-refractivity contribution < 1.29 is 10.1 Å². The van der Waals surface area contributed by atoms with Crippen LogP contribution in [-0.2, 0) is 11.2 Å². The average Bonchev–Trinajstić information content (AvgIpc) is 3.17. The minimum absolute atomic E-state index is 0.00817. The summed E-state index contributed by atoms with van der Waals surface area (Å²) in [6.45, 7) is 4.88. The Hall–Kier alpha value is -3.37. The van der Waals surface area contributed by atoms with Crippen molar-refractivity contribution in [2.24, 2.45) is 0 Å². The Morgan fingerprint density at radius 1 is 1.00 bits per heavy atom. The summed E-state index contributed by atoms with van der Waals surface area (Å²) in [6.07, 6.45) is 2.97. The maximum atomic E-state index is 13.2. The van der Waals surface area contributed by atoms with Crippen LogP contribution in [0.15, 0.2) is 79.0 Å². The molecule has 0 aliphatic heterocycles. The Morgan fingerprint density at radius 2 is 1.77 bits per heavy atom. The average molecular weight is 399 g/mol. The SMILES string of the molecule is Cc1ccc(C)c(NC(=O)[C@H]([NH2+]CCc2c[nH]c3ccccc23)c2ccccc2)c1. The van der Waals surface area contributed by atoms with E-state index in [4.69, 9.17) is 0 Å². The summed E-state index contributed by atoms with van der Waals surface area (Å²) in [5.74, 6) is 0.00817. The first kappa shape index (κ1) is 19.9. The van der Waals surface area contributed by atoms with Gasteiger partial charge in [-0.25, -0.2) is 0 Å². The van der Waals surface area contributed by atoms with E-state index in [1.807, 2.05) is 62.4 Å². The number of hydrogen-bond donors (Lipinski definition) is 3. The number of rotatable bonds is 7. The summed E-state index contributed by atoms with van der Waals surface area (Å²) in [4.78, 5) is 16.6. The zero-order valence-electron chi connectivity index (χ0n) is 17.5. The van der Waals surface area contributed by atoms with Crippen LogP contribution in [0.5, 0.6) is 0 Å². The molecule has 0 saturated heterocycles. The number of fused-ring (bicyclic) bond motifs is 1. The Balaban J connectivity index is 1.50. The number of carbonyl (C=O) groups is 1. The van der Waals surface area contributed by atoms with Gasteiger partial charge >= 0.3 is 0 Å². The molecule has 1 atom stereocenters. The summed E-state index contributed by atoms with van der Waals surface area (Å²) < 4.78 is 0. The third-order valence-corrected chi connectivity index (χ3v) is 5.58. The molecular formula is C26H28N3O+. The number of nitrogens with one attached hydrogen (secondary N) is 2. The Bertz CT molecular complexity index is 1150. The minimum atomic E-state index is -0.295. The topological polar surface area (TPSA) is 61.5 Å². The molecule has 4 rings (SSSR count). The van der Waals surface area contributed by atoms with E-state index >= 15 is 0 Å². The first-order valence-electron chi connectivity index (χ1n) is 10.4. The number of hydrogen-bond acceptors (Lipinski definition) is 1. The van der Waals surface area contributed by atoms with Gasteiger partial charge < -0.3 is 15.6 Å². The minimum Gasteiger partial charge on any atom is -0.361 e. The van der Waals surface area contributed by atoms with Crippen molar-refractivity contribution in [3.05, 3.63) is 101 Å². The Kier molecular flexibility index (Phi) is 5.96. The second-order valence-corrected chi connectivity index (χ2v) is 7.83. The van der Waals surface area contributed by atoms with E-state index < -0.39 is 0 Å². The molecule has 0 spiro atoms. The lowest BCUT2D eigenvalue weighted by Gasteiger charge is -2.17. The van der Waals surface area contributed by atoms with Gasteiger partial charge in [-0.3, -0.25) is 4.79 Å². The van der Waals surface area contributed by atoms with E-state index in [2.05, 4.69) is 46.1 Å². The molecule has 0 saturated carbocycles. The number of aromatic nitrogens is 1. The summed E-state index contributed by atoms with van der Waals surface area (Å²) in [5.41, 5.74) is 6.53. The van der Waals surface area contributed by atoms with E-state index in [0.717, 1.165) is 40.9 Å². The number of amides is 1. The molecule has 4 nitrogen and oxygen atoms in total. The highest BCUT2D eigenvalue weighted by molar-refractivity contribution is 5.95. The molecule has 0 unspecified atom stereocenters. The van der Waals surface area contributed by atoms with Gasteiger partial charge in [-0.2, -0.15) is 0 Å². The molecule has 0 radical (unpaired) electrons. The number of anilines is 1. The predicted octanol–water partition coefficient (Wildman–Crippen LogP) is 4.27. The molecule has 0 bridgehead atoms. The van der Waals surface area contributed by atoms with Gasteiger partial charge in [-0.15, -0.1) is 0 Å². The van der Waals surface area contributed by atoms with Gasteiger partial charge in [0.05, 0.1) is 6.54 Å². The van der Waals surface area contributed by atoms with Gasteiger partial charge in [-0.1, -0.05) is 60.7 Å². The van der Waals surface area contributed by atoms with Crippen molar-refractivity contribution in [3.8, 4) is 0 Å². The molecular weight excluding hydrogens is 370 g/mol. The van der Waals surface area contributed by atoms with Crippen molar-refractivity contribution in [2.75, 3.05) is 11.9 Å². The predicted molar refractivity (Wildman–Crippen MR) is 123 cm³/mol. The molecule has 0 aliphatic carbocycles. The smallest absolute Gasteiger partial charge is 0.287 e. The molecule has 1 amide bonds. The van der Waals surface area contributed by atoms with Crippen molar-refractivity contribution in [2.45, 2.75) is 26.3 Å². The number of nitrogens with two attached hydrogens (primary N) is 1. The summed E-state index contributed by atoms with van der Waals surface area (Å²) >= 11 is 0. The number of aryl methyl sites for hydroxylation is 2. The van der Waals surface area contributed by atoms with Gasteiger partial charge in [0.15, 0.2) is 6.04 Å². The fourth-order valence-electron chi connectivity index (χ4n) is 3.88. The molecule has 4 heteroatoms. The molecule has 3 aromatic carbocycles. The second kappa shape index (κ2) is 8.97. The quantitative estimate of drug-likeness (QED) is 0.428. The lowest BCUT2D eigenvalue weighted by molar-refractivity contribution is -0.682. The molecule has 0 aliphatic rings. The van der Waals surface area contributed by atoms with Crippen LogP contribution in [0.25, 0.3) is 10.9 Å². The molecule has 1 aromatic heterocycles. The first-order valence-corrected chi connectivity index (χ1v) is 10.4. The highest BCUT2D eigenvalue weighted by Gasteiger charge is 2.24. The molecule has 4 N–H and O–H groups in total. The highest BCUT2D eigenvalue weighted by atomic mass is 16.2. The molecule has 152 valence electrons. The standard InChI is InChI=1S/C26H27N3O/c1-18-12-13-19(2)24(16-18)29-26(30)25(20-8-4-3-5-9-20)27-15-14-21-17-28-23-11-7-6-10-22(21)23/h3-13,16-17,25,27-28H,14-15H2,1-2H3,(H,29,30)/p+1/t25-/m1/s1. The second-order valence-electron chi connectivity index (χ2n) is 7.83. The molecule has 30 heavy (non-hydrogen) atoms. The zero-order valence-corrected chi connectivity index (χ0v) is 17.5. The van der Waals surface area contributed by atoms with E-state index in [0.29, 0.717) is 0 Å². The number of H-pyrrole nitrogens is 1. The van der Waals surface area contributed by atoms with Crippen LogP contribution >= 0.6 is 0 Å². The van der Waals surface area contributed by atoms with Crippen LogP contribution in [0.2, 0.25) is 0 Å². The van der Waals surface area contributed by atoms with Crippen LogP contribution in [0.1, 0.15) is 28.3 Å². The van der Waals surface area contributed by atoms with Crippen molar-refractivity contribution in [1.82, 2.24) is 4.98 Å². The lowest BCUT2D eigenvalue weighted by atomic mass is 10.0. The zero-order chi connectivity index (χ0) is 20.9. The maximum Gasteiger partial charge on any atom is 0.287 e. The van der Waals surface area contributed by atoms with Crippen molar-refractivity contribution >= 4 is 22.5 Å². The third kappa shape index (κ3) is 4.44. The normalized spacial score (nSPS) is 12.1. The van der Waals surface area contributed by atoms with Crippen LogP contribution in [-0.4, -0.2) is 17.4 Å². The van der Waals surface area contributed by atoms with Gasteiger partial charge in [0.1, 0.15) is 0 Å². The van der Waals surface area contributed by atoms with Gasteiger partial charge in [0, 0.05) is 34.8 Å². The van der Waals surface area contributed by atoms with Gasteiger partial charge in [0.25, 0.3) is 5.91 Å². The van der Waals surface area contributed by atoms with Crippen LogP contribution < -0.4 is 10.6 Å². The number of benzene rings is 3. The Morgan fingerprint density at radius 3 is 2.60 bits per heavy atom. The van der Waals surface area contributed by atoms with E-state index in [1.54, 1.807) is 0 Å². The van der Waals surface area contributed by atoms with E-state index in [1.165, 1.54) is 10.9 Å². The van der Waals surface area contributed by atoms with Crippen molar-refractivity contribution in [1.29, 1.82) is 0 Å². The number of carbonyl (C=O) groups excluding carboxylic acids is 1. The summed E-state index contributed by atoms with van der Waals surface area (Å²) in [7, 11) is 0. The van der Waals surface area contributed by atoms with E-state index in [-0.39, 0.29) is 11.9 Å². The summed E-state index contributed by atoms with van der Waals surface area (Å²) in [5, 5.41) is 6.53. The van der Waals surface area contributed by atoms with Crippen LogP contribution in [0, 0.1) is 13.8 Å². The molecule has 1 heterocycles. The number of para-hydroxylation sites is 1. The number of aromatic amines is 1. The van der Waals surface area contributed by atoms with E-state index in [9.17, 15) is 4.79 Å². The maximum absolute atomic E-state index is 13.2. The Labute approximate surface area is 177 Å². The third-order valence-electron chi connectivity index (χ3n) is 5.58. The summed E-state index contributed by atoms with van der Waals surface area (Å²) in [6, 6.07) is 24.2. The van der Waals surface area contributed by atoms with Gasteiger partial charge in [-0.05, 0) is 42.7 Å². The molecule has 0 fully saturated rings. The lowest BCUT2D eigenvalue weighted by Crippen LogP contribution is -2.87. The van der Waals surface area contributed by atoms with Crippen LogP contribution in [0.4, 0.5) is 5.69 Å². The fourth-order valence-corrected chi connectivity index (χ4v) is 3.88. The van der Waals surface area contributed by atoms with Crippen molar-refractivity contribution in [3.63, 3.8) is 0 Å². The monoisotopic (exact) mass is 398 g/mol. The van der Waals surface area contributed by atoms with Gasteiger partial charge in [0.2, 0.25) is 0 Å². The highest BCUT2D eigenvalue weighted by Crippen LogP contribution is 2.20. The molecule has 4 aromatic rings. The number of quaternary nitrogens is 1.